The molecule has 0 saturated heterocycles. The molecule has 1 amide bonds. The summed E-state index contributed by atoms with van der Waals surface area (Å²) in [5.41, 5.74) is 1.69. The van der Waals surface area contributed by atoms with Gasteiger partial charge in [-0.2, -0.15) is 5.10 Å². The zero-order chi connectivity index (χ0) is 19.9. The van der Waals surface area contributed by atoms with Gasteiger partial charge in [-0.15, -0.1) is 6.58 Å². The minimum atomic E-state index is -0.616. The second-order valence-electron chi connectivity index (χ2n) is 6.26. The molecule has 1 atom stereocenters. The molecule has 1 aliphatic rings. The van der Waals surface area contributed by atoms with Gasteiger partial charge in [0.2, 0.25) is 0 Å². The van der Waals surface area contributed by atoms with E-state index in [9.17, 15) is 4.79 Å². The highest BCUT2D eigenvalue weighted by atomic mass is 16.7. The van der Waals surface area contributed by atoms with Crippen LogP contribution in [0.1, 0.15) is 18.9 Å². The van der Waals surface area contributed by atoms with E-state index in [0.29, 0.717) is 18.7 Å². The summed E-state index contributed by atoms with van der Waals surface area (Å²) in [5.74, 6) is -0.274. The molecular formula is C22H27N3O2. The molecule has 5 heteroatoms. The Kier molecular flexibility index (Phi) is 6.91. The first-order chi connectivity index (χ1) is 13.0. The molecule has 1 aromatic carbocycles. The van der Waals surface area contributed by atoms with Crippen LogP contribution in [-0.2, 0) is 15.0 Å². The van der Waals surface area contributed by atoms with Crippen molar-refractivity contribution in [3.05, 3.63) is 85.1 Å². The lowest BCUT2D eigenvalue weighted by molar-refractivity contribution is -0.160. The second-order valence-corrected chi connectivity index (χ2v) is 6.26. The predicted octanol–water partition coefficient (Wildman–Crippen LogP) is 3.84. The number of benzene rings is 1. The fraction of sp³-hybridized carbons (Fsp3) is 0.273. The summed E-state index contributed by atoms with van der Waals surface area (Å²) in [6.45, 7) is 10.2. The largest absolute Gasteiger partial charge is 0.294 e. The number of hydrazone groups is 1. The fourth-order valence-corrected chi connectivity index (χ4v) is 3.24. The second kappa shape index (κ2) is 9.14. The molecular weight excluding hydrogens is 338 g/mol. The molecule has 0 radical (unpaired) electrons. The summed E-state index contributed by atoms with van der Waals surface area (Å²) in [4.78, 5) is 18.2. The number of carbonyl (C=O) groups excluding carboxylic acids is 1. The minimum Gasteiger partial charge on any atom is -0.274 e. The van der Waals surface area contributed by atoms with Gasteiger partial charge in [0.05, 0.1) is 24.8 Å². The van der Waals surface area contributed by atoms with Crippen LogP contribution in [0.25, 0.3) is 0 Å². The monoisotopic (exact) mass is 365 g/mol. The van der Waals surface area contributed by atoms with Crippen molar-refractivity contribution >= 4 is 11.6 Å². The fourth-order valence-electron chi connectivity index (χ4n) is 3.24. The van der Waals surface area contributed by atoms with Gasteiger partial charge >= 0.3 is 0 Å². The molecule has 27 heavy (non-hydrogen) atoms. The lowest BCUT2D eigenvalue weighted by Gasteiger charge is -2.31. The predicted molar refractivity (Wildman–Crippen MR) is 110 cm³/mol. The summed E-state index contributed by atoms with van der Waals surface area (Å²) in [5, 5.41) is 7.75. The van der Waals surface area contributed by atoms with Crippen LogP contribution in [0.4, 0.5) is 0 Å². The quantitative estimate of drug-likeness (QED) is 0.399. The van der Waals surface area contributed by atoms with E-state index in [1.165, 1.54) is 12.2 Å². The van der Waals surface area contributed by atoms with E-state index in [1.807, 2.05) is 66.6 Å². The lowest BCUT2D eigenvalue weighted by atomic mass is 9.73. The molecule has 5 nitrogen and oxygen atoms in total. The van der Waals surface area contributed by atoms with Crippen LogP contribution in [0.2, 0.25) is 0 Å². The van der Waals surface area contributed by atoms with Gasteiger partial charge in [0, 0.05) is 7.05 Å². The number of hydroxylamine groups is 2. The summed E-state index contributed by atoms with van der Waals surface area (Å²) in [6.07, 6.45) is 9.88. The van der Waals surface area contributed by atoms with Crippen molar-refractivity contribution in [1.29, 1.82) is 0 Å². The van der Waals surface area contributed by atoms with Crippen LogP contribution in [0.5, 0.6) is 0 Å². The van der Waals surface area contributed by atoms with Crippen LogP contribution >= 0.6 is 0 Å². The van der Waals surface area contributed by atoms with E-state index in [-0.39, 0.29) is 5.91 Å². The maximum atomic E-state index is 13.1. The Hall–Kier alpha value is -2.92. The van der Waals surface area contributed by atoms with E-state index in [1.54, 1.807) is 13.1 Å². The molecule has 0 aliphatic carbocycles. The normalized spacial score (nSPS) is 19.9. The number of carbonyl (C=O) groups is 1. The zero-order valence-corrected chi connectivity index (χ0v) is 16.3. The number of amides is 1. The molecule has 0 spiro atoms. The SMILES string of the molecule is C=C/C=C(\C=C/C)N1CC(CC=C)(c2ccccc2)C(C(=O)N(C)OC)=N1. The molecule has 1 unspecified atom stereocenters. The average molecular weight is 365 g/mol. The standard InChI is InChI=1S/C22H27N3O2/c1-6-12-19(13-7-2)25-17-22(16-8-3,18-14-10-9-11-15-18)20(23-25)21(26)24(4)27-5/h6-15H,1,3,16-17H2,2,4-5H3/b13-7-,19-12+. The minimum absolute atomic E-state index is 0.274. The number of allylic oxidation sites excluding steroid dienone is 5. The Bertz CT molecular complexity index is 780. The highest BCUT2D eigenvalue weighted by Crippen LogP contribution is 2.38. The van der Waals surface area contributed by atoms with Crippen molar-refractivity contribution in [2.45, 2.75) is 18.8 Å². The van der Waals surface area contributed by atoms with Gasteiger partial charge in [0.15, 0.2) is 0 Å². The topological polar surface area (TPSA) is 45.1 Å². The van der Waals surface area contributed by atoms with Gasteiger partial charge < -0.3 is 0 Å². The Morgan fingerprint density at radius 3 is 2.63 bits per heavy atom. The van der Waals surface area contributed by atoms with Gasteiger partial charge in [-0.1, -0.05) is 55.1 Å². The van der Waals surface area contributed by atoms with E-state index in [2.05, 4.69) is 13.2 Å². The van der Waals surface area contributed by atoms with Gasteiger partial charge in [-0.05, 0) is 31.1 Å². The number of rotatable bonds is 8. The summed E-state index contributed by atoms with van der Waals surface area (Å²) < 4.78 is 0. The molecule has 0 saturated carbocycles. The maximum Gasteiger partial charge on any atom is 0.294 e. The summed E-state index contributed by atoms with van der Waals surface area (Å²) in [7, 11) is 3.05. The third-order valence-electron chi connectivity index (χ3n) is 4.60. The first kappa shape index (κ1) is 20.4. The third-order valence-corrected chi connectivity index (χ3v) is 4.60. The highest BCUT2D eigenvalue weighted by molar-refractivity contribution is 6.42. The highest BCUT2D eigenvalue weighted by Gasteiger charge is 2.48. The molecule has 0 aromatic heterocycles. The van der Waals surface area contributed by atoms with Crippen molar-refractivity contribution in [2.24, 2.45) is 5.10 Å². The third kappa shape index (κ3) is 4.09. The van der Waals surface area contributed by atoms with Crippen LogP contribution in [-0.4, -0.2) is 42.4 Å². The van der Waals surface area contributed by atoms with E-state index in [0.717, 1.165) is 11.3 Å². The number of hydrogen-bond donors (Lipinski definition) is 0. The molecule has 0 N–H and O–H groups in total. The average Bonchev–Trinajstić information content (AvgIpc) is 3.08. The first-order valence-electron chi connectivity index (χ1n) is 8.84. The van der Waals surface area contributed by atoms with E-state index in [4.69, 9.17) is 9.94 Å². The van der Waals surface area contributed by atoms with Gasteiger partial charge in [0.25, 0.3) is 5.91 Å². The van der Waals surface area contributed by atoms with Crippen molar-refractivity contribution < 1.29 is 9.63 Å². The van der Waals surface area contributed by atoms with Gasteiger partial charge in [0.1, 0.15) is 5.71 Å². The van der Waals surface area contributed by atoms with Crippen molar-refractivity contribution in [2.75, 3.05) is 20.7 Å². The Balaban J connectivity index is 2.64. The molecule has 142 valence electrons. The molecule has 0 bridgehead atoms. The molecule has 1 heterocycles. The molecule has 0 fully saturated rings. The van der Waals surface area contributed by atoms with E-state index < -0.39 is 5.41 Å². The smallest absolute Gasteiger partial charge is 0.274 e. The van der Waals surface area contributed by atoms with Crippen LogP contribution < -0.4 is 0 Å². The van der Waals surface area contributed by atoms with Gasteiger partial charge in [-0.3, -0.25) is 14.6 Å². The summed E-state index contributed by atoms with van der Waals surface area (Å²) >= 11 is 0. The summed E-state index contributed by atoms with van der Waals surface area (Å²) in [6, 6.07) is 9.94. The molecule has 2 rings (SSSR count). The number of hydrogen-bond acceptors (Lipinski definition) is 4. The zero-order valence-electron chi connectivity index (χ0n) is 16.3. The maximum absolute atomic E-state index is 13.1. The van der Waals surface area contributed by atoms with Crippen LogP contribution in [0.3, 0.4) is 0 Å². The van der Waals surface area contributed by atoms with Crippen molar-refractivity contribution in [1.82, 2.24) is 10.1 Å². The molecule has 1 aromatic rings. The Morgan fingerprint density at radius 1 is 1.37 bits per heavy atom. The first-order valence-corrected chi connectivity index (χ1v) is 8.84. The van der Waals surface area contributed by atoms with Crippen molar-refractivity contribution in [3.63, 3.8) is 0 Å². The number of nitrogens with zero attached hydrogens (tertiary/aromatic N) is 3. The van der Waals surface area contributed by atoms with Crippen molar-refractivity contribution in [3.8, 4) is 0 Å². The van der Waals surface area contributed by atoms with E-state index >= 15 is 0 Å². The van der Waals surface area contributed by atoms with Crippen LogP contribution in [0, 0.1) is 0 Å². The van der Waals surface area contributed by atoms with Gasteiger partial charge in [-0.25, -0.2) is 5.06 Å². The Labute approximate surface area is 161 Å². The van der Waals surface area contributed by atoms with Crippen LogP contribution in [0.15, 0.2) is 84.7 Å². The molecule has 1 aliphatic heterocycles. The lowest BCUT2D eigenvalue weighted by Crippen LogP contribution is -2.46. The Morgan fingerprint density at radius 2 is 2.07 bits per heavy atom.